The van der Waals surface area contributed by atoms with Crippen molar-refractivity contribution >= 4 is 23.3 Å². The predicted molar refractivity (Wildman–Crippen MR) is 75.7 cm³/mol. The minimum atomic E-state index is -0.108. The van der Waals surface area contributed by atoms with Crippen molar-refractivity contribution in [3.8, 4) is 0 Å². The Bertz CT molecular complexity index is 608. The average molecular weight is 282 g/mol. The highest BCUT2D eigenvalue weighted by molar-refractivity contribution is 5.85. The van der Waals surface area contributed by atoms with Gasteiger partial charge in [0.1, 0.15) is 12.4 Å². The number of fused-ring (bicyclic) bond motifs is 1. The monoisotopic (exact) mass is 281 g/mol. The van der Waals surface area contributed by atoms with Gasteiger partial charge in [0.05, 0.1) is 17.0 Å². The van der Waals surface area contributed by atoms with Crippen LogP contribution in [-0.2, 0) is 11.3 Å². The molecule has 1 aromatic carbocycles. The minimum Gasteiger partial charge on any atom is -0.369 e. The molecule has 0 amide bonds. The third kappa shape index (κ3) is 3.12. The summed E-state index contributed by atoms with van der Waals surface area (Å²) < 4.78 is 5.70. The summed E-state index contributed by atoms with van der Waals surface area (Å²) in [5, 5.41) is 3.85. The summed E-state index contributed by atoms with van der Waals surface area (Å²) in [5.74, 6) is 0.589. The molecule has 1 aliphatic rings. The van der Waals surface area contributed by atoms with Gasteiger partial charge in [0.15, 0.2) is 0 Å². The van der Waals surface area contributed by atoms with Gasteiger partial charge in [-0.25, -0.2) is 4.98 Å². The van der Waals surface area contributed by atoms with Gasteiger partial charge in [0.25, 0.3) is 5.56 Å². The molecule has 0 saturated carbocycles. The van der Waals surface area contributed by atoms with Crippen LogP contribution < -0.4 is 10.9 Å². The highest BCUT2D eigenvalue weighted by Crippen LogP contribution is 2.08. The van der Waals surface area contributed by atoms with Crippen LogP contribution in [0.3, 0.4) is 0 Å². The Morgan fingerprint density at radius 2 is 2.21 bits per heavy atom. The van der Waals surface area contributed by atoms with Crippen LogP contribution in [0.25, 0.3) is 10.9 Å². The zero-order chi connectivity index (χ0) is 12.4. The zero-order valence-electron chi connectivity index (χ0n) is 10.4. The molecule has 2 heterocycles. The Kier molecular flexibility index (Phi) is 4.52. The zero-order valence-corrected chi connectivity index (χ0v) is 11.2. The predicted octanol–water partition coefficient (Wildman–Crippen LogP) is 1.22. The normalized spacial score (nSPS) is 18.4. The van der Waals surface area contributed by atoms with Gasteiger partial charge in [0, 0.05) is 6.54 Å². The number of aromatic nitrogens is 2. The summed E-state index contributed by atoms with van der Waals surface area (Å²) in [5.41, 5.74) is 0.605. The van der Waals surface area contributed by atoms with E-state index < -0.39 is 0 Å². The van der Waals surface area contributed by atoms with E-state index in [1.807, 2.05) is 18.2 Å². The number of H-pyrrole nitrogens is 1. The maximum atomic E-state index is 11.8. The van der Waals surface area contributed by atoms with Crippen molar-refractivity contribution in [2.24, 2.45) is 0 Å². The van der Waals surface area contributed by atoms with E-state index in [1.165, 1.54) is 0 Å². The molecule has 6 heteroatoms. The second-order valence-corrected chi connectivity index (χ2v) is 4.46. The second kappa shape index (κ2) is 6.14. The average Bonchev–Trinajstić information content (AvgIpc) is 2.90. The van der Waals surface area contributed by atoms with Gasteiger partial charge in [-0.15, -0.1) is 12.4 Å². The van der Waals surface area contributed by atoms with Crippen molar-refractivity contribution in [3.05, 3.63) is 40.4 Å². The molecular formula is C13H16ClN3O2. The first-order chi connectivity index (χ1) is 8.83. The van der Waals surface area contributed by atoms with Gasteiger partial charge in [0.2, 0.25) is 0 Å². The Morgan fingerprint density at radius 3 is 3.00 bits per heavy atom. The van der Waals surface area contributed by atoms with Gasteiger partial charge >= 0.3 is 0 Å². The van der Waals surface area contributed by atoms with E-state index in [2.05, 4.69) is 15.3 Å². The van der Waals surface area contributed by atoms with Crippen molar-refractivity contribution in [3.63, 3.8) is 0 Å². The van der Waals surface area contributed by atoms with E-state index in [0.29, 0.717) is 23.3 Å². The molecular weight excluding hydrogens is 266 g/mol. The molecule has 1 aliphatic heterocycles. The molecule has 0 aliphatic carbocycles. The standard InChI is InChI=1S/C13H15N3O2.ClH/c17-13-10-3-1-2-4-11(10)15-12(16-13)8-18-9-5-6-14-7-9;/h1-4,9,14H,5-8H2,(H,15,16,17);1H. The van der Waals surface area contributed by atoms with Crippen molar-refractivity contribution in [2.45, 2.75) is 19.1 Å². The molecule has 2 aromatic rings. The first-order valence-corrected chi connectivity index (χ1v) is 6.13. The van der Waals surface area contributed by atoms with Crippen LogP contribution in [0.1, 0.15) is 12.2 Å². The molecule has 1 aromatic heterocycles. The van der Waals surface area contributed by atoms with Crippen molar-refractivity contribution in [1.82, 2.24) is 15.3 Å². The van der Waals surface area contributed by atoms with Crippen LogP contribution in [0.5, 0.6) is 0 Å². The molecule has 19 heavy (non-hydrogen) atoms. The molecule has 2 N–H and O–H groups in total. The maximum Gasteiger partial charge on any atom is 0.258 e. The van der Waals surface area contributed by atoms with Crippen LogP contribution in [0.2, 0.25) is 0 Å². The number of hydrogen-bond acceptors (Lipinski definition) is 4. The van der Waals surface area contributed by atoms with E-state index in [0.717, 1.165) is 19.5 Å². The Morgan fingerprint density at radius 1 is 1.37 bits per heavy atom. The van der Waals surface area contributed by atoms with Crippen molar-refractivity contribution < 1.29 is 4.74 Å². The number of rotatable bonds is 3. The van der Waals surface area contributed by atoms with Gasteiger partial charge in [-0.2, -0.15) is 0 Å². The highest BCUT2D eigenvalue weighted by atomic mass is 35.5. The van der Waals surface area contributed by atoms with Crippen molar-refractivity contribution in [2.75, 3.05) is 13.1 Å². The van der Waals surface area contributed by atoms with E-state index in [9.17, 15) is 4.79 Å². The fourth-order valence-electron chi connectivity index (χ4n) is 2.17. The third-order valence-electron chi connectivity index (χ3n) is 3.13. The summed E-state index contributed by atoms with van der Waals surface area (Å²) in [4.78, 5) is 19.0. The quantitative estimate of drug-likeness (QED) is 0.888. The molecule has 3 rings (SSSR count). The number of nitrogens with one attached hydrogen (secondary N) is 2. The fourth-order valence-corrected chi connectivity index (χ4v) is 2.17. The highest BCUT2D eigenvalue weighted by Gasteiger charge is 2.15. The molecule has 5 nitrogen and oxygen atoms in total. The van der Waals surface area contributed by atoms with Gasteiger partial charge in [-0.1, -0.05) is 12.1 Å². The third-order valence-corrected chi connectivity index (χ3v) is 3.13. The number of benzene rings is 1. The van der Waals surface area contributed by atoms with Gasteiger partial charge < -0.3 is 15.0 Å². The lowest BCUT2D eigenvalue weighted by molar-refractivity contribution is 0.0501. The number of para-hydroxylation sites is 1. The summed E-state index contributed by atoms with van der Waals surface area (Å²) in [6.45, 7) is 2.22. The van der Waals surface area contributed by atoms with E-state index >= 15 is 0 Å². The van der Waals surface area contributed by atoms with E-state index in [-0.39, 0.29) is 24.1 Å². The lowest BCUT2D eigenvalue weighted by atomic mass is 10.2. The molecule has 0 spiro atoms. The van der Waals surface area contributed by atoms with E-state index in [4.69, 9.17) is 4.74 Å². The number of ether oxygens (including phenoxy) is 1. The summed E-state index contributed by atoms with van der Waals surface area (Å²) >= 11 is 0. The van der Waals surface area contributed by atoms with Crippen LogP contribution in [-0.4, -0.2) is 29.2 Å². The number of halogens is 1. The first kappa shape index (κ1) is 14.0. The first-order valence-electron chi connectivity index (χ1n) is 6.13. The van der Waals surface area contributed by atoms with Crippen molar-refractivity contribution in [1.29, 1.82) is 0 Å². The second-order valence-electron chi connectivity index (χ2n) is 4.46. The van der Waals surface area contributed by atoms with Gasteiger partial charge in [-0.3, -0.25) is 4.79 Å². The SMILES string of the molecule is Cl.O=c1[nH]c(COC2CCNC2)nc2ccccc12. The molecule has 1 fully saturated rings. The fraction of sp³-hybridized carbons (Fsp3) is 0.385. The summed E-state index contributed by atoms with van der Waals surface area (Å²) in [6, 6.07) is 7.32. The Labute approximate surface area is 116 Å². The molecule has 0 bridgehead atoms. The van der Waals surface area contributed by atoms with Crippen LogP contribution in [0, 0.1) is 0 Å². The lowest BCUT2D eigenvalue weighted by Crippen LogP contribution is -2.19. The van der Waals surface area contributed by atoms with Crippen LogP contribution in [0.4, 0.5) is 0 Å². The topological polar surface area (TPSA) is 67.0 Å². The smallest absolute Gasteiger partial charge is 0.258 e. The maximum absolute atomic E-state index is 11.8. The Hall–Kier alpha value is -1.43. The van der Waals surface area contributed by atoms with Crippen LogP contribution in [0.15, 0.2) is 29.1 Å². The van der Waals surface area contributed by atoms with Gasteiger partial charge in [-0.05, 0) is 25.1 Å². The number of hydrogen-bond donors (Lipinski definition) is 2. The molecule has 1 unspecified atom stereocenters. The van der Waals surface area contributed by atoms with Crippen LogP contribution >= 0.6 is 12.4 Å². The van der Waals surface area contributed by atoms with E-state index in [1.54, 1.807) is 6.07 Å². The summed E-state index contributed by atoms with van der Waals surface area (Å²) in [7, 11) is 0. The molecule has 0 radical (unpaired) electrons. The number of nitrogens with zero attached hydrogens (tertiary/aromatic N) is 1. The Balaban J connectivity index is 0.00000133. The molecule has 1 atom stereocenters. The minimum absolute atomic E-state index is 0. The summed E-state index contributed by atoms with van der Waals surface area (Å²) in [6.07, 6.45) is 1.24. The number of aromatic amines is 1. The largest absolute Gasteiger partial charge is 0.369 e. The molecule has 102 valence electrons. The lowest BCUT2D eigenvalue weighted by Gasteiger charge is -2.09. The molecule has 1 saturated heterocycles.